The average Bonchev–Trinajstić information content (AvgIpc) is 2.94. The van der Waals surface area contributed by atoms with Crippen LogP contribution in [0, 0.1) is 0 Å². The molecule has 0 aromatic heterocycles. The molecule has 0 spiro atoms. The molecule has 29 heavy (non-hydrogen) atoms. The Balaban J connectivity index is 1.88. The van der Waals surface area contributed by atoms with Crippen molar-refractivity contribution in [1.82, 2.24) is 15.5 Å². The molecule has 0 unspecified atom stereocenters. The summed E-state index contributed by atoms with van der Waals surface area (Å²) in [5, 5.41) is 4.75. The number of hydrogen-bond acceptors (Lipinski definition) is 5. The van der Waals surface area contributed by atoms with Crippen LogP contribution in [0.15, 0.2) is 60.7 Å². The number of carbonyl (C=O) groups is 4. The zero-order valence-corrected chi connectivity index (χ0v) is 15.9. The van der Waals surface area contributed by atoms with Crippen LogP contribution in [0.2, 0.25) is 0 Å². The summed E-state index contributed by atoms with van der Waals surface area (Å²) in [6, 6.07) is 17.4. The summed E-state index contributed by atoms with van der Waals surface area (Å²) in [4.78, 5) is 50.3. The number of rotatable bonds is 6. The van der Waals surface area contributed by atoms with E-state index in [4.69, 9.17) is 0 Å². The van der Waals surface area contributed by atoms with Crippen LogP contribution >= 0.6 is 0 Å². The monoisotopic (exact) mass is 395 g/mol. The van der Waals surface area contributed by atoms with E-state index in [1.807, 2.05) is 41.7 Å². The first-order chi connectivity index (χ1) is 14.0. The fourth-order valence-electron chi connectivity index (χ4n) is 3.28. The molecule has 1 aliphatic rings. The molecule has 1 aliphatic heterocycles. The van der Waals surface area contributed by atoms with Gasteiger partial charge in [-0.1, -0.05) is 60.7 Å². The Hall–Kier alpha value is -3.68. The van der Waals surface area contributed by atoms with Crippen LogP contribution in [0.3, 0.4) is 0 Å². The van der Waals surface area contributed by atoms with E-state index in [1.165, 1.54) is 0 Å². The van der Waals surface area contributed by atoms with Crippen LogP contribution < -0.4 is 10.6 Å². The van der Waals surface area contributed by atoms with Crippen molar-refractivity contribution < 1.29 is 23.9 Å². The first-order valence-electron chi connectivity index (χ1n) is 9.16. The lowest BCUT2D eigenvalue weighted by Gasteiger charge is -2.27. The molecule has 1 heterocycles. The Morgan fingerprint density at radius 2 is 1.66 bits per heavy atom. The molecule has 2 aromatic rings. The van der Waals surface area contributed by atoms with E-state index in [0.717, 1.165) is 10.5 Å². The lowest BCUT2D eigenvalue weighted by atomic mass is 9.83. The summed E-state index contributed by atoms with van der Waals surface area (Å²) in [7, 11) is 0. The quantitative estimate of drug-likeness (QED) is 0.728. The highest BCUT2D eigenvalue weighted by molar-refractivity contribution is 6.10. The summed E-state index contributed by atoms with van der Waals surface area (Å²) in [5.41, 5.74) is 0.113. The van der Waals surface area contributed by atoms with Gasteiger partial charge in [-0.25, -0.2) is 9.59 Å². The largest absolute Gasteiger partial charge is 0.450 e. The number of nitrogens with one attached hydrogen (secondary N) is 2. The van der Waals surface area contributed by atoms with Crippen LogP contribution in [-0.4, -0.2) is 42.0 Å². The van der Waals surface area contributed by atoms with Crippen molar-refractivity contribution >= 4 is 23.9 Å². The Labute approximate surface area is 167 Å². The summed E-state index contributed by atoms with van der Waals surface area (Å²) >= 11 is 0. The number of alkyl carbamates (subject to hydrolysis) is 1. The molecule has 0 radical (unpaired) electrons. The van der Waals surface area contributed by atoms with Crippen LogP contribution in [-0.2, 0) is 26.3 Å². The SMILES string of the molecule is CCOC(=O)NC(=O)CN1C(=O)N[C@@](Cc2ccccc2)(c2ccccc2)C1=O. The second kappa shape index (κ2) is 8.55. The van der Waals surface area contributed by atoms with Gasteiger partial charge < -0.3 is 10.1 Å². The van der Waals surface area contributed by atoms with Crippen molar-refractivity contribution in [2.75, 3.05) is 13.2 Å². The summed E-state index contributed by atoms with van der Waals surface area (Å²) in [6.45, 7) is 1.10. The summed E-state index contributed by atoms with van der Waals surface area (Å²) in [5.74, 6) is -1.37. The van der Waals surface area contributed by atoms with E-state index in [-0.39, 0.29) is 13.0 Å². The van der Waals surface area contributed by atoms with Crippen LogP contribution in [0.4, 0.5) is 9.59 Å². The predicted molar refractivity (Wildman–Crippen MR) is 104 cm³/mol. The second-order valence-electron chi connectivity index (χ2n) is 6.52. The molecule has 0 saturated carbocycles. The molecule has 0 bridgehead atoms. The maximum Gasteiger partial charge on any atom is 0.413 e. The number of nitrogens with zero attached hydrogens (tertiary/aromatic N) is 1. The molecular formula is C21H21N3O5. The van der Waals surface area contributed by atoms with E-state index in [2.05, 4.69) is 10.1 Å². The molecule has 150 valence electrons. The molecule has 8 nitrogen and oxygen atoms in total. The molecule has 3 rings (SSSR count). The third kappa shape index (κ3) is 4.26. The van der Waals surface area contributed by atoms with Crippen molar-refractivity contribution in [3.63, 3.8) is 0 Å². The minimum Gasteiger partial charge on any atom is -0.450 e. The molecule has 2 N–H and O–H groups in total. The maximum absolute atomic E-state index is 13.3. The van der Waals surface area contributed by atoms with Crippen LogP contribution in [0.25, 0.3) is 0 Å². The van der Waals surface area contributed by atoms with E-state index in [9.17, 15) is 19.2 Å². The zero-order valence-electron chi connectivity index (χ0n) is 15.9. The molecule has 1 saturated heterocycles. The normalized spacial score (nSPS) is 18.3. The van der Waals surface area contributed by atoms with Gasteiger partial charge in [-0.05, 0) is 18.1 Å². The van der Waals surface area contributed by atoms with Gasteiger partial charge >= 0.3 is 12.1 Å². The topological polar surface area (TPSA) is 105 Å². The highest BCUT2D eigenvalue weighted by atomic mass is 16.5. The molecule has 5 amide bonds. The number of hydrogen-bond donors (Lipinski definition) is 2. The Morgan fingerprint density at radius 1 is 1.03 bits per heavy atom. The fraction of sp³-hybridized carbons (Fsp3) is 0.238. The van der Waals surface area contributed by atoms with E-state index < -0.39 is 36.0 Å². The Kier molecular flexibility index (Phi) is 5.92. The minimum atomic E-state index is -1.34. The van der Waals surface area contributed by atoms with Crippen molar-refractivity contribution in [2.45, 2.75) is 18.9 Å². The van der Waals surface area contributed by atoms with Crippen molar-refractivity contribution in [3.05, 3.63) is 71.8 Å². The van der Waals surface area contributed by atoms with Gasteiger partial charge in [0.05, 0.1) is 6.61 Å². The number of ether oxygens (including phenoxy) is 1. The molecule has 8 heteroatoms. The fourth-order valence-corrected chi connectivity index (χ4v) is 3.28. The molecule has 1 fully saturated rings. The maximum atomic E-state index is 13.3. The van der Waals surface area contributed by atoms with Gasteiger partial charge in [-0.2, -0.15) is 0 Å². The summed E-state index contributed by atoms with van der Waals surface area (Å²) in [6.07, 6.45) is -0.707. The van der Waals surface area contributed by atoms with Crippen molar-refractivity contribution in [2.24, 2.45) is 0 Å². The van der Waals surface area contributed by atoms with Crippen LogP contribution in [0.1, 0.15) is 18.1 Å². The van der Waals surface area contributed by atoms with Crippen molar-refractivity contribution in [3.8, 4) is 0 Å². The van der Waals surface area contributed by atoms with E-state index in [1.54, 1.807) is 31.2 Å². The van der Waals surface area contributed by atoms with Gasteiger partial charge in [0.1, 0.15) is 6.54 Å². The number of amides is 5. The van der Waals surface area contributed by atoms with Gasteiger partial charge in [0.2, 0.25) is 5.91 Å². The first kappa shape index (κ1) is 20.1. The van der Waals surface area contributed by atoms with Gasteiger partial charge in [-0.15, -0.1) is 0 Å². The smallest absolute Gasteiger partial charge is 0.413 e. The zero-order chi connectivity index (χ0) is 20.9. The average molecular weight is 395 g/mol. The predicted octanol–water partition coefficient (Wildman–Crippen LogP) is 1.95. The van der Waals surface area contributed by atoms with Gasteiger partial charge in [-0.3, -0.25) is 19.8 Å². The third-order valence-electron chi connectivity index (χ3n) is 4.57. The number of urea groups is 1. The molecule has 2 aromatic carbocycles. The Morgan fingerprint density at radius 3 is 2.28 bits per heavy atom. The Bertz CT molecular complexity index is 916. The standard InChI is InChI=1S/C21H21N3O5/c1-2-29-20(28)22-17(25)14-24-18(26)21(23-19(24)27,16-11-7-4-8-12-16)13-15-9-5-3-6-10-15/h3-12H,2,13-14H2,1H3,(H,23,27)(H,22,25,28)/t21-/m0/s1. The summed E-state index contributed by atoms with van der Waals surface area (Å²) < 4.78 is 4.65. The van der Waals surface area contributed by atoms with Gasteiger partial charge in [0, 0.05) is 6.42 Å². The highest BCUT2D eigenvalue weighted by Crippen LogP contribution is 2.32. The lowest BCUT2D eigenvalue weighted by Crippen LogP contribution is -2.47. The van der Waals surface area contributed by atoms with Crippen molar-refractivity contribution in [1.29, 1.82) is 0 Å². The minimum absolute atomic E-state index is 0.0937. The van der Waals surface area contributed by atoms with Gasteiger partial charge in [0.15, 0.2) is 5.54 Å². The van der Waals surface area contributed by atoms with E-state index in [0.29, 0.717) is 5.56 Å². The third-order valence-corrected chi connectivity index (χ3v) is 4.57. The highest BCUT2D eigenvalue weighted by Gasteiger charge is 2.52. The number of imide groups is 2. The van der Waals surface area contributed by atoms with Gasteiger partial charge in [0.25, 0.3) is 5.91 Å². The molecule has 1 atom stereocenters. The first-order valence-corrected chi connectivity index (χ1v) is 9.16. The molecular weight excluding hydrogens is 374 g/mol. The van der Waals surface area contributed by atoms with Crippen LogP contribution in [0.5, 0.6) is 0 Å². The molecule has 0 aliphatic carbocycles. The number of benzene rings is 2. The lowest BCUT2D eigenvalue weighted by molar-refractivity contribution is -0.135. The number of carbonyl (C=O) groups excluding carboxylic acids is 4. The van der Waals surface area contributed by atoms with E-state index >= 15 is 0 Å². The second-order valence-corrected chi connectivity index (χ2v) is 6.52.